The van der Waals surface area contributed by atoms with Crippen molar-refractivity contribution in [1.82, 2.24) is 0 Å². The second-order valence-electron chi connectivity index (χ2n) is 5.64. The number of carboxylic acid groups (broad SMARTS) is 1. The topological polar surface area (TPSA) is 78.2 Å². The number of rotatable bonds is 8. The number of hydrogen-bond acceptors (Lipinski definition) is 3. The molecular formula is C18H21NO3S. The van der Waals surface area contributed by atoms with Crippen molar-refractivity contribution in [2.45, 2.75) is 12.8 Å². The molecule has 122 valence electrons. The Hall–Kier alpha value is -2.14. The SMILES string of the molecule is N=S(=O)(CCc1ccccc1)CC(Cc1ccccc1)C(=O)O. The summed E-state index contributed by atoms with van der Waals surface area (Å²) in [4.78, 5) is 11.4. The molecule has 4 nitrogen and oxygen atoms in total. The minimum absolute atomic E-state index is 0.107. The first-order valence-electron chi connectivity index (χ1n) is 7.51. The fourth-order valence-electron chi connectivity index (χ4n) is 2.45. The molecule has 0 aliphatic heterocycles. The molecule has 0 aliphatic carbocycles. The van der Waals surface area contributed by atoms with Crippen LogP contribution in [0.25, 0.3) is 0 Å². The van der Waals surface area contributed by atoms with Crippen molar-refractivity contribution in [3.05, 3.63) is 71.8 Å². The summed E-state index contributed by atoms with van der Waals surface area (Å²) < 4.78 is 20.5. The maximum absolute atomic E-state index is 12.5. The van der Waals surface area contributed by atoms with Gasteiger partial charge in [-0.05, 0) is 24.0 Å². The van der Waals surface area contributed by atoms with Gasteiger partial charge < -0.3 is 5.11 Å². The summed E-state index contributed by atoms with van der Waals surface area (Å²) in [7, 11) is -2.92. The number of aryl methyl sites for hydroxylation is 1. The molecule has 0 bridgehead atoms. The number of hydrogen-bond donors (Lipinski definition) is 2. The molecule has 0 spiro atoms. The maximum Gasteiger partial charge on any atom is 0.307 e. The van der Waals surface area contributed by atoms with E-state index in [0.717, 1.165) is 11.1 Å². The van der Waals surface area contributed by atoms with Crippen molar-refractivity contribution in [3.8, 4) is 0 Å². The molecule has 2 atom stereocenters. The number of carbonyl (C=O) groups is 1. The van der Waals surface area contributed by atoms with Crippen molar-refractivity contribution in [3.63, 3.8) is 0 Å². The summed E-state index contributed by atoms with van der Waals surface area (Å²) in [6, 6.07) is 18.8. The van der Waals surface area contributed by atoms with Gasteiger partial charge in [0.15, 0.2) is 0 Å². The van der Waals surface area contributed by atoms with Crippen LogP contribution in [-0.4, -0.2) is 26.8 Å². The predicted molar refractivity (Wildman–Crippen MR) is 92.0 cm³/mol. The Morgan fingerprint density at radius 2 is 1.52 bits per heavy atom. The Bertz CT molecular complexity index is 727. The highest BCUT2D eigenvalue weighted by Crippen LogP contribution is 2.14. The predicted octanol–water partition coefficient (Wildman–Crippen LogP) is 3.22. The Morgan fingerprint density at radius 1 is 1.00 bits per heavy atom. The number of nitrogens with one attached hydrogen (secondary N) is 1. The average molecular weight is 331 g/mol. The van der Waals surface area contributed by atoms with Crippen LogP contribution < -0.4 is 0 Å². The highest BCUT2D eigenvalue weighted by Gasteiger charge is 2.23. The highest BCUT2D eigenvalue weighted by atomic mass is 32.2. The van der Waals surface area contributed by atoms with Crippen molar-refractivity contribution < 1.29 is 14.1 Å². The first-order valence-corrected chi connectivity index (χ1v) is 9.41. The van der Waals surface area contributed by atoms with Gasteiger partial charge in [-0.3, -0.25) is 9.57 Å². The van der Waals surface area contributed by atoms with Crippen LogP contribution in [0.15, 0.2) is 60.7 Å². The molecule has 0 amide bonds. The number of carboxylic acids is 1. The Kier molecular flexibility index (Phi) is 5.93. The fourth-order valence-corrected chi connectivity index (χ4v) is 4.09. The van der Waals surface area contributed by atoms with Gasteiger partial charge in [-0.2, -0.15) is 0 Å². The van der Waals surface area contributed by atoms with E-state index < -0.39 is 21.6 Å². The quantitative estimate of drug-likeness (QED) is 0.779. The van der Waals surface area contributed by atoms with Crippen LogP contribution in [0, 0.1) is 10.7 Å². The largest absolute Gasteiger partial charge is 0.481 e. The third-order valence-electron chi connectivity index (χ3n) is 3.71. The summed E-state index contributed by atoms with van der Waals surface area (Å²) in [5, 5.41) is 9.37. The molecule has 0 saturated carbocycles. The lowest BCUT2D eigenvalue weighted by molar-refractivity contribution is -0.140. The van der Waals surface area contributed by atoms with Gasteiger partial charge in [0, 0.05) is 21.2 Å². The van der Waals surface area contributed by atoms with Crippen LogP contribution in [0.3, 0.4) is 0 Å². The summed E-state index contributed by atoms with van der Waals surface area (Å²) in [6.07, 6.45) is 0.832. The number of benzene rings is 2. The van der Waals surface area contributed by atoms with E-state index in [9.17, 15) is 14.1 Å². The molecule has 5 heteroatoms. The highest BCUT2D eigenvalue weighted by molar-refractivity contribution is 7.92. The summed E-state index contributed by atoms with van der Waals surface area (Å²) in [5.74, 6) is -1.70. The van der Waals surface area contributed by atoms with E-state index >= 15 is 0 Å². The van der Waals surface area contributed by atoms with E-state index in [4.69, 9.17) is 4.78 Å². The Labute approximate surface area is 137 Å². The number of aliphatic carboxylic acids is 1. The minimum atomic E-state index is -2.92. The lowest BCUT2D eigenvalue weighted by Gasteiger charge is -2.15. The first kappa shape index (κ1) is 17.2. The summed E-state index contributed by atoms with van der Waals surface area (Å²) >= 11 is 0. The zero-order chi connectivity index (χ0) is 16.7. The van der Waals surface area contributed by atoms with Crippen LogP contribution in [-0.2, 0) is 27.4 Å². The summed E-state index contributed by atoms with van der Waals surface area (Å²) in [6.45, 7) is 0. The van der Waals surface area contributed by atoms with E-state index in [1.807, 2.05) is 60.7 Å². The van der Waals surface area contributed by atoms with Crippen LogP contribution >= 0.6 is 0 Å². The van der Waals surface area contributed by atoms with Crippen LogP contribution in [0.4, 0.5) is 0 Å². The molecule has 0 aliphatic rings. The molecule has 0 radical (unpaired) electrons. The second kappa shape index (κ2) is 7.92. The van der Waals surface area contributed by atoms with E-state index in [-0.39, 0.29) is 11.5 Å². The zero-order valence-corrected chi connectivity index (χ0v) is 13.7. The zero-order valence-electron chi connectivity index (χ0n) is 12.9. The second-order valence-corrected chi connectivity index (χ2v) is 8.01. The van der Waals surface area contributed by atoms with E-state index in [0.29, 0.717) is 12.8 Å². The molecular weight excluding hydrogens is 310 g/mol. The first-order chi connectivity index (χ1) is 11.0. The third-order valence-corrected chi connectivity index (χ3v) is 5.51. The van der Waals surface area contributed by atoms with Crippen molar-refractivity contribution >= 4 is 15.7 Å². The summed E-state index contributed by atoms with van der Waals surface area (Å²) in [5.41, 5.74) is 1.90. The normalized spacial score (nSPS) is 14.8. The van der Waals surface area contributed by atoms with Crippen LogP contribution in [0.5, 0.6) is 0 Å². The molecule has 0 heterocycles. The maximum atomic E-state index is 12.5. The molecule has 2 aromatic rings. The van der Waals surface area contributed by atoms with Gasteiger partial charge in [0.1, 0.15) is 0 Å². The molecule has 0 saturated heterocycles. The van der Waals surface area contributed by atoms with Gasteiger partial charge in [0.25, 0.3) is 0 Å². The van der Waals surface area contributed by atoms with E-state index in [2.05, 4.69) is 0 Å². The average Bonchev–Trinajstić information content (AvgIpc) is 2.54. The van der Waals surface area contributed by atoms with Gasteiger partial charge in [-0.15, -0.1) is 0 Å². The van der Waals surface area contributed by atoms with Crippen molar-refractivity contribution in [2.75, 3.05) is 11.5 Å². The van der Waals surface area contributed by atoms with Crippen LogP contribution in [0.1, 0.15) is 11.1 Å². The minimum Gasteiger partial charge on any atom is -0.481 e. The van der Waals surface area contributed by atoms with E-state index in [1.165, 1.54) is 0 Å². The molecule has 2 aromatic carbocycles. The van der Waals surface area contributed by atoms with Gasteiger partial charge in [0.05, 0.1) is 5.92 Å². The fraction of sp³-hybridized carbons (Fsp3) is 0.278. The molecule has 2 N–H and O–H groups in total. The monoisotopic (exact) mass is 331 g/mol. The van der Waals surface area contributed by atoms with Crippen LogP contribution in [0.2, 0.25) is 0 Å². The lowest BCUT2D eigenvalue weighted by atomic mass is 10.0. The molecule has 2 rings (SSSR count). The third kappa shape index (κ3) is 5.87. The molecule has 0 fully saturated rings. The van der Waals surface area contributed by atoms with Crippen molar-refractivity contribution in [1.29, 1.82) is 4.78 Å². The van der Waals surface area contributed by atoms with Gasteiger partial charge in [0.2, 0.25) is 0 Å². The van der Waals surface area contributed by atoms with Gasteiger partial charge in [-0.1, -0.05) is 60.7 Å². The molecule has 0 aromatic heterocycles. The lowest BCUT2D eigenvalue weighted by Crippen LogP contribution is -2.27. The molecule has 23 heavy (non-hydrogen) atoms. The van der Waals surface area contributed by atoms with Crippen molar-refractivity contribution in [2.24, 2.45) is 5.92 Å². The standard InChI is InChI=1S/C18H21NO3S/c19-23(22,12-11-15-7-3-1-4-8-15)14-17(18(20)21)13-16-9-5-2-6-10-16/h1-10,17,19H,11-14H2,(H,20,21). The Morgan fingerprint density at radius 3 is 2.04 bits per heavy atom. The van der Waals surface area contributed by atoms with Gasteiger partial charge in [-0.25, -0.2) is 4.21 Å². The van der Waals surface area contributed by atoms with Gasteiger partial charge >= 0.3 is 5.97 Å². The Balaban J connectivity index is 1.99. The van der Waals surface area contributed by atoms with E-state index in [1.54, 1.807) is 0 Å². The molecule has 2 unspecified atom stereocenters. The smallest absolute Gasteiger partial charge is 0.307 e.